The number of sulfonamides is 1. The van der Waals surface area contributed by atoms with Crippen LogP contribution in [0.3, 0.4) is 0 Å². The van der Waals surface area contributed by atoms with E-state index >= 15 is 0 Å². The highest BCUT2D eigenvalue weighted by Gasteiger charge is 2.30. The Balaban J connectivity index is 1.65. The maximum Gasteiger partial charge on any atom is 0.327 e. The third-order valence-corrected chi connectivity index (χ3v) is 9.01. The molecule has 0 atom stereocenters. The number of halogens is 2. The van der Waals surface area contributed by atoms with Gasteiger partial charge in [0.15, 0.2) is 5.78 Å². The van der Waals surface area contributed by atoms with E-state index in [2.05, 4.69) is 0 Å². The second kappa shape index (κ2) is 13.6. The quantitative estimate of drug-likeness (QED) is 0.131. The Morgan fingerprint density at radius 1 is 0.844 bits per heavy atom. The van der Waals surface area contributed by atoms with Crippen LogP contribution in [0, 0.1) is 0 Å². The van der Waals surface area contributed by atoms with Gasteiger partial charge in [0.1, 0.15) is 12.1 Å². The van der Waals surface area contributed by atoms with Gasteiger partial charge in [-0.3, -0.25) is 18.7 Å². The maximum atomic E-state index is 13.9. The number of rotatable bonds is 10. The number of esters is 1. The summed E-state index contributed by atoms with van der Waals surface area (Å²) in [6, 6.07) is 21.2. The lowest BCUT2D eigenvalue weighted by Crippen LogP contribution is -2.39. The van der Waals surface area contributed by atoms with E-state index in [9.17, 15) is 22.8 Å². The van der Waals surface area contributed by atoms with Crippen molar-refractivity contribution in [2.45, 2.75) is 44.1 Å². The van der Waals surface area contributed by atoms with Crippen molar-refractivity contribution in [2.24, 2.45) is 0 Å². The number of anilines is 1. The van der Waals surface area contributed by atoms with Gasteiger partial charge in [0.05, 0.1) is 10.6 Å². The molecule has 1 amide bonds. The molecule has 0 aliphatic carbocycles. The van der Waals surface area contributed by atoms with E-state index in [0.29, 0.717) is 28.3 Å². The van der Waals surface area contributed by atoms with E-state index < -0.39 is 28.1 Å². The third-order valence-electron chi connectivity index (χ3n) is 6.82. The largest absolute Gasteiger partial charge is 0.459 e. The average Bonchev–Trinajstić information content (AvgIpc) is 2.96. The lowest BCUT2D eigenvalue weighted by molar-refractivity contribution is -0.152. The van der Waals surface area contributed by atoms with Gasteiger partial charge in [0.25, 0.3) is 15.9 Å². The number of ketones is 1. The number of aryl methyl sites for hydroxylation is 1. The van der Waals surface area contributed by atoms with E-state index in [1.165, 1.54) is 23.1 Å². The topological polar surface area (TPSA) is 101 Å². The van der Waals surface area contributed by atoms with Crippen molar-refractivity contribution in [2.75, 3.05) is 24.9 Å². The van der Waals surface area contributed by atoms with E-state index in [1.54, 1.807) is 83.4 Å². The number of carbonyl (C=O) groups excluding carboxylic acids is 3. The highest BCUT2D eigenvalue weighted by molar-refractivity contribution is 7.92. The molecule has 4 aromatic carbocycles. The summed E-state index contributed by atoms with van der Waals surface area (Å²) in [7, 11) is -0.946. The van der Waals surface area contributed by atoms with Crippen LogP contribution in [-0.2, 0) is 26.0 Å². The van der Waals surface area contributed by atoms with E-state index in [4.69, 9.17) is 27.9 Å². The molecule has 0 saturated heterocycles. The van der Waals surface area contributed by atoms with Crippen LogP contribution < -0.4 is 4.31 Å². The molecular weight excluding hydrogens is 635 g/mol. The van der Waals surface area contributed by atoms with Crippen molar-refractivity contribution in [3.05, 3.63) is 106 Å². The smallest absolute Gasteiger partial charge is 0.327 e. The predicted octanol–water partition coefficient (Wildman–Crippen LogP) is 7.20. The van der Waals surface area contributed by atoms with E-state index in [1.807, 2.05) is 12.1 Å². The SMILES string of the molecule is CN(C)C(=O)c1ccc(CCC(=O)c2cccc3cc(N(CC(=O)OC(C)(C)C)S(=O)(=O)c4cc(Cl)cc(Cl)c4)ccc23)cc1. The van der Waals surface area contributed by atoms with Crippen molar-refractivity contribution in [1.82, 2.24) is 4.90 Å². The van der Waals surface area contributed by atoms with Gasteiger partial charge >= 0.3 is 5.97 Å². The van der Waals surface area contributed by atoms with Gasteiger partial charge in [-0.2, -0.15) is 0 Å². The first kappa shape index (κ1) is 34.0. The molecule has 0 spiro atoms. The number of benzene rings is 4. The van der Waals surface area contributed by atoms with Crippen molar-refractivity contribution in [3.8, 4) is 0 Å². The first-order chi connectivity index (χ1) is 21.0. The Labute approximate surface area is 273 Å². The molecule has 4 aromatic rings. The fourth-order valence-electron chi connectivity index (χ4n) is 4.74. The lowest BCUT2D eigenvalue weighted by atomic mass is 9.97. The van der Waals surface area contributed by atoms with Gasteiger partial charge in [-0.1, -0.05) is 59.6 Å². The molecular formula is C34H34Cl2N2O6S. The summed E-state index contributed by atoms with van der Waals surface area (Å²) in [6.45, 7) is 4.47. The third kappa shape index (κ3) is 8.42. The molecule has 45 heavy (non-hydrogen) atoms. The summed E-state index contributed by atoms with van der Waals surface area (Å²) < 4.78 is 34.2. The fraction of sp³-hybridized carbons (Fsp3) is 0.265. The first-order valence-corrected chi connectivity index (χ1v) is 16.3. The zero-order chi connectivity index (χ0) is 33.1. The number of nitrogens with zero attached hydrogens (tertiary/aromatic N) is 2. The van der Waals surface area contributed by atoms with Gasteiger partial charge in [-0.05, 0) is 86.0 Å². The molecule has 0 bridgehead atoms. The van der Waals surface area contributed by atoms with Crippen molar-refractivity contribution >= 4 is 67.3 Å². The van der Waals surface area contributed by atoms with Crippen molar-refractivity contribution in [1.29, 1.82) is 0 Å². The number of ether oxygens (including phenoxy) is 1. The highest BCUT2D eigenvalue weighted by atomic mass is 35.5. The number of Topliss-reactive ketones (excluding diaryl/α,β-unsaturated/α-hetero) is 1. The van der Waals surface area contributed by atoms with Crippen molar-refractivity contribution in [3.63, 3.8) is 0 Å². The van der Waals surface area contributed by atoms with Gasteiger partial charge in [0.2, 0.25) is 0 Å². The van der Waals surface area contributed by atoms with Crippen LogP contribution in [-0.4, -0.2) is 57.2 Å². The molecule has 0 fully saturated rings. The summed E-state index contributed by atoms with van der Waals surface area (Å²) in [5.74, 6) is -0.933. The van der Waals surface area contributed by atoms with E-state index in [0.717, 1.165) is 9.87 Å². The number of hydrogen-bond acceptors (Lipinski definition) is 6. The molecule has 0 aromatic heterocycles. The van der Waals surface area contributed by atoms with Gasteiger partial charge < -0.3 is 9.64 Å². The van der Waals surface area contributed by atoms with Crippen LogP contribution in [0.4, 0.5) is 5.69 Å². The van der Waals surface area contributed by atoms with Crippen LogP contribution >= 0.6 is 23.2 Å². The first-order valence-electron chi connectivity index (χ1n) is 14.1. The van der Waals surface area contributed by atoms with Crippen molar-refractivity contribution < 1.29 is 27.5 Å². The van der Waals surface area contributed by atoms with Gasteiger partial charge in [-0.15, -0.1) is 0 Å². The van der Waals surface area contributed by atoms with Crippen LogP contribution in [0.1, 0.15) is 53.5 Å². The van der Waals surface area contributed by atoms with Gasteiger partial charge in [0, 0.05) is 41.7 Å². The number of amides is 1. The zero-order valence-electron chi connectivity index (χ0n) is 25.6. The molecule has 0 unspecified atom stereocenters. The molecule has 0 N–H and O–H groups in total. The van der Waals surface area contributed by atoms with Crippen LogP contribution in [0.5, 0.6) is 0 Å². The summed E-state index contributed by atoms with van der Waals surface area (Å²) in [6.07, 6.45) is 0.713. The fourth-order valence-corrected chi connectivity index (χ4v) is 6.87. The Morgan fingerprint density at radius 2 is 1.49 bits per heavy atom. The van der Waals surface area contributed by atoms with Gasteiger partial charge in [-0.25, -0.2) is 8.42 Å². The van der Waals surface area contributed by atoms with Crippen LogP contribution in [0.25, 0.3) is 10.8 Å². The summed E-state index contributed by atoms with van der Waals surface area (Å²) in [5.41, 5.74) is 1.34. The Hall–Kier alpha value is -3.92. The molecule has 8 nitrogen and oxygen atoms in total. The number of fused-ring (bicyclic) bond motifs is 1. The minimum atomic E-state index is -4.32. The standard InChI is InChI=1S/C34H34Cl2N2O6S/c1-34(2,3)44-32(40)21-38(45(42,43)28-19-25(35)18-26(36)20-28)27-14-15-29-24(17-27)7-6-8-30(29)31(39)16-11-22-9-12-23(13-10-22)33(41)37(4)5/h6-10,12-15,17-20H,11,16,21H2,1-5H3. The second-order valence-electron chi connectivity index (χ2n) is 11.7. The highest BCUT2D eigenvalue weighted by Crippen LogP contribution is 2.32. The molecule has 0 aliphatic heterocycles. The van der Waals surface area contributed by atoms with Crippen LogP contribution in [0.2, 0.25) is 10.0 Å². The number of hydrogen-bond donors (Lipinski definition) is 0. The second-order valence-corrected chi connectivity index (χ2v) is 14.5. The monoisotopic (exact) mass is 668 g/mol. The molecule has 0 radical (unpaired) electrons. The minimum Gasteiger partial charge on any atom is -0.459 e. The summed E-state index contributed by atoms with van der Waals surface area (Å²) in [4.78, 5) is 39.7. The normalized spacial score (nSPS) is 11.7. The summed E-state index contributed by atoms with van der Waals surface area (Å²) in [5, 5.41) is 1.49. The Morgan fingerprint density at radius 3 is 2.09 bits per heavy atom. The predicted molar refractivity (Wildman–Crippen MR) is 178 cm³/mol. The molecule has 0 saturated carbocycles. The molecule has 236 valence electrons. The summed E-state index contributed by atoms with van der Waals surface area (Å²) >= 11 is 12.2. The zero-order valence-corrected chi connectivity index (χ0v) is 28.0. The molecule has 0 heterocycles. The molecule has 4 rings (SSSR count). The average molecular weight is 670 g/mol. The Kier molecular flexibility index (Phi) is 10.3. The molecule has 0 aliphatic rings. The van der Waals surface area contributed by atoms with E-state index in [-0.39, 0.29) is 38.7 Å². The van der Waals surface area contributed by atoms with Crippen LogP contribution in [0.15, 0.2) is 83.8 Å². The Bertz CT molecular complexity index is 1850. The lowest BCUT2D eigenvalue weighted by Gasteiger charge is -2.27. The molecule has 11 heteroatoms. The minimum absolute atomic E-state index is 0.0893. The number of carbonyl (C=O) groups is 3. The maximum absolute atomic E-state index is 13.9.